The summed E-state index contributed by atoms with van der Waals surface area (Å²) in [5.74, 6) is 0.346. The summed E-state index contributed by atoms with van der Waals surface area (Å²) >= 11 is 0. The Morgan fingerprint density at radius 1 is 1.38 bits per heavy atom. The first-order chi connectivity index (χ1) is 6.13. The van der Waals surface area contributed by atoms with Crippen LogP contribution >= 0.6 is 0 Å². The molecule has 2 aliphatic rings. The minimum Gasteiger partial charge on any atom is -0.295 e. The van der Waals surface area contributed by atoms with Gasteiger partial charge >= 0.3 is 0 Å². The number of fused-ring (bicyclic) bond motifs is 1. The summed E-state index contributed by atoms with van der Waals surface area (Å²) in [6.07, 6.45) is 8.53. The molecule has 70 valence electrons. The first-order valence-corrected chi connectivity index (χ1v) is 5.05. The van der Waals surface area contributed by atoms with Gasteiger partial charge in [-0.3, -0.25) is 4.79 Å². The van der Waals surface area contributed by atoms with Gasteiger partial charge in [0.05, 0.1) is 0 Å². The molecule has 0 radical (unpaired) electrons. The van der Waals surface area contributed by atoms with Crippen molar-refractivity contribution < 1.29 is 4.79 Å². The Morgan fingerprint density at radius 3 is 2.92 bits per heavy atom. The van der Waals surface area contributed by atoms with E-state index in [1.165, 1.54) is 18.4 Å². The van der Waals surface area contributed by atoms with E-state index in [1.54, 1.807) is 0 Å². The van der Waals surface area contributed by atoms with Crippen LogP contribution in [0.25, 0.3) is 0 Å². The Labute approximate surface area is 79.5 Å². The Bertz CT molecular complexity index is 309. The predicted molar refractivity (Wildman–Crippen MR) is 53.4 cm³/mol. The van der Waals surface area contributed by atoms with Gasteiger partial charge in [-0.15, -0.1) is 0 Å². The molecule has 0 N–H and O–H groups in total. The molecule has 0 aromatic rings. The van der Waals surface area contributed by atoms with E-state index in [4.69, 9.17) is 0 Å². The number of allylic oxidation sites excluding steroid dienone is 4. The summed E-state index contributed by atoms with van der Waals surface area (Å²) in [6.45, 7) is 4.27. The molecule has 0 heterocycles. The molecule has 0 unspecified atom stereocenters. The van der Waals surface area contributed by atoms with Crippen LogP contribution in [0.5, 0.6) is 0 Å². The fourth-order valence-corrected chi connectivity index (χ4v) is 2.50. The molecule has 1 nitrogen and oxygen atoms in total. The topological polar surface area (TPSA) is 17.1 Å². The lowest BCUT2D eigenvalue weighted by Crippen LogP contribution is -2.28. The van der Waals surface area contributed by atoms with Crippen LogP contribution in [0.1, 0.15) is 39.5 Å². The highest BCUT2D eigenvalue weighted by atomic mass is 16.1. The van der Waals surface area contributed by atoms with E-state index < -0.39 is 0 Å². The highest BCUT2D eigenvalue weighted by Crippen LogP contribution is 2.45. The van der Waals surface area contributed by atoms with Gasteiger partial charge < -0.3 is 0 Å². The number of hydrogen-bond donors (Lipinski definition) is 0. The normalized spacial score (nSPS) is 33.5. The Kier molecular flexibility index (Phi) is 1.90. The Balaban J connectivity index is 2.51. The Hall–Kier alpha value is -0.850. The first-order valence-electron chi connectivity index (χ1n) is 5.05. The summed E-state index contributed by atoms with van der Waals surface area (Å²) in [7, 11) is 0. The number of Topliss-reactive ketones (excluding diaryl/α,β-unsaturated/α-hetero) is 1. The first kappa shape index (κ1) is 8.74. The van der Waals surface area contributed by atoms with Crippen LogP contribution < -0.4 is 0 Å². The molecule has 2 aliphatic carbocycles. The van der Waals surface area contributed by atoms with E-state index >= 15 is 0 Å². The van der Waals surface area contributed by atoms with E-state index in [2.05, 4.69) is 19.1 Å². The van der Waals surface area contributed by atoms with Crippen LogP contribution in [0.15, 0.2) is 23.3 Å². The maximum atomic E-state index is 11.5. The zero-order valence-corrected chi connectivity index (χ0v) is 8.39. The summed E-state index contributed by atoms with van der Waals surface area (Å²) in [6, 6.07) is 0. The third-order valence-corrected chi connectivity index (χ3v) is 3.52. The van der Waals surface area contributed by atoms with Gasteiger partial charge in [-0.05, 0) is 42.7 Å². The second-order valence-corrected chi connectivity index (χ2v) is 4.46. The SMILES string of the molecule is CC1=C2C=CCC[C@@]2(C)CCC1=O. The van der Waals surface area contributed by atoms with Crippen molar-refractivity contribution in [3.05, 3.63) is 23.3 Å². The fourth-order valence-electron chi connectivity index (χ4n) is 2.50. The average molecular weight is 176 g/mol. The van der Waals surface area contributed by atoms with Crippen LogP contribution in [0, 0.1) is 5.41 Å². The number of rotatable bonds is 0. The molecule has 0 saturated carbocycles. The monoisotopic (exact) mass is 176 g/mol. The Morgan fingerprint density at radius 2 is 2.15 bits per heavy atom. The molecule has 0 aliphatic heterocycles. The second-order valence-electron chi connectivity index (χ2n) is 4.46. The molecule has 2 rings (SSSR count). The lowest BCUT2D eigenvalue weighted by molar-refractivity contribution is -0.116. The molecular formula is C12H16O. The summed E-state index contributed by atoms with van der Waals surface area (Å²) in [5, 5.41) is 0. The number of ketones is 1. The lowest BCUT2D eigenvalue weighted by Gasteiger charge is -2.37. The van der Waals surface area contributed by atoms with E-state index in [9.17, 15) is 4.79 Å². The molecule has 0 aromatic heterocycles. The minimum atomic E-state index is 0.298. The molecule has 0 bridgehead atoms. The molecule has 0 aromatic carbocycles. The van der Waals surface area contributed by atoms with Gasteiger partial charge in [-0.2, -0.15) is 0 Å². The van der Waals surface area contributed by atoms with Crippen LogP contribution in [0.3, 0.4) is 0 Å². The van der Waals surface area contributed by atoms with Crippen molar-refractivity contribution in [1.82, 2.24) is 0 Å². The molecule has 1 atom stereocenters. The summed E-state index contributed by atoms with van der Waals surface area (Å²) in [4.78, 5) is 11.5. The summed E-state index contributed by atoms with van der Waals surface area (Å²) < 4.78 is 0. The second kappa shape index (κ2) is 2.83. The van der Waals surface area contributed by atoms with E-state index in [0.29, 0.717) is 11.2 Å². The van der Waals surface area contributed by atoms with Gasteiger partial charge in [0.1, 0.15) is 0 Å². The maximum Gasteiger partial charge on any atom is 0.158 e. The molecule has 0 spiro atoms. The third kappa shape index (κ3) is 1.27. The van der Waals surface area contributed by atoms with Gasteiger partial charge in [0, 0.05) is 6.42 Å². The van der Waals surface area contributed by atoms with Crippen molar-refractivity contribution in [3.8, 4) is 0 Å². The molecule has 0 fully saturated rings. The predicted octanol–water partition coefficient (Wildman–Crippen LogP) is 3.02. The van der Waals surface area contributed by atoms with Crippen molar-refractivity contribution in [1.29, 1.82) is 0 Å². The smallest absolute Gasteiger partial charge is 0.158 e. The van der Waals surface area contributed by atoms with Gasteiger partial charge in [0.15, 0.2) is 5.78 Å². The standard InChI is InChI=1S/C12H16O/c1-9-10-5-3-4-7-12(10,2)8-6-11(9)13/h3,5H,4,6-8H2,1-2H3/t12-/m0/s1. The van der Waals surface area contributed by atoms with Crippen LogP contribution in [0.2, 0.25) is 0 Å². The van der Waals surface area contributed by atoms with Gasteiger partial charge in [0.2, 0.25) is 0 Å². The quantitative estimate of drug-likeness (QED) is 0.554. The largest absolute Gasteiger partial charge is 0.295 e. The summed E-state index contributed by atoms with van der Waals surface area (Å²) in [5.41, 5.74) is 2.60. The molecule has 0 amide bonds. The van der Waals surface area contributed by atoms with Crippen molar-refractivity contribution in [3.63, 3.8) is 0 Å². The van der Waals surface area contributed by atoms with E-state index in [0.717, 1.165) is 18.4 Å². The lowest BCUT2D eigenvalue weighted by atomic mass is 9.66. The zero-order chi connectivity index (χ0) is 9.47. The highest BCUT2D eigenvalue weighted by molar-refractivity contribution is 5.97. The van der Waals surface area contributed by atoms with Crippen LogP contribution in [-0.2, 0) is 4.79 Å². The van der Waals surface area contributed by atoms with E-state index in [1.807, 2.05) is 6.92 Å². The number of hydrogen-bond acceptors (Lipinski definition) is 1. The van der Waals surface area contributed by atoms with Gasteiger partial charge in [-0.1, -0.05) is 19.1 Å². The van der Waals surface area contributed by atoms with Crippen molar-refractivity contribution in [2.24, 2.45) is 5.41 Å². The van der Waals surface area contributed by atoms with Crippen molar-refractivity contribution in [2.45, 2.75) is 39.5 Å². The third-order valence-electron chi connectivity index (χ3n) is 3.52. The maximum absolute atomic E-state index is 11.5. The zero-order valence-electron chi connectivity index (χ0n) is 8.39. The molecule has 1 heteroatoms. The van der Waals surface area contributed by atoms with Gasteiger partial charge in [0.25, 0.3) is 0 Å². The van der Waals surface area contributed by atoms with E-state index in [-0.39, 0.29) is 0 Å². The van der Waals surface area contributed by atoms with Crippen molar-refractivity contribution >= 4 is 5.78 Å². The van der Waals surface area contributed by atoms with Crippen molar-refractivity contribution in [2.75, 3.05) is 0 Å². The molecule has 0 saturated heterocycles. The van der Waals surface area contributed by atoms with Crippen LogP contribution in [0.4, 0.5) is 0 Å². The number of carbonyl (C=O) groups excluding carboxylic acids is 1. The molecule has 13 heavy (non-hydrogen) atoms. The van der Waals surface area contributed by atoms with Crippen LogP contribution in [-0.4, -0.2) is 5.78 Å². The average Bonchev–Trinajstić information content (AvgIpc) is 2.12. The highest BCUT2D eigenvalue weighted by Gasteiger charge is 2.35. The fraction of sp³-hybridized carbons (Fsp3) is 0.583. The molecular weight excluding hydrogens is 160 g/mol. The number of carbonyl (C=O) groups is 1. The van der Waals surface area contributed by atoms with Gasteiger partial charge in [-0.25, -0.2) is 0 Å². The minimum absolute atomic E-state index is 0.298.